The maximum Gasteiger partial charge on any atom is 0.193 e. The Hall–Kier alpha value is -2.33. The highest BCUT2D eigenvalue weighted by Crippen LogP contribution is 2.27. The van der Waals surface area contributed by atoms with Crippen LogP contribution in [-0.2, 0) is 6.54 Å². The number of rotatable bonds is 5. The number of nitrogens with zero attached hydrogens (tertiary/aromatic N) is 4. The summed E-state index contributed by atoms with van der Waals surface area (Å²) >= 11 is 6.10. The molecule has 0 aliphatic heterocycles. The van der Waals surface area contributed by atoms with Gasteiger partial charge in [0.2, 0.25) is 0 Å². The van der Waals surface area contributed by atoms with E-state index < -0.39 is 0 Å². The summed E-state index contributed by atoms with van der Waals surface area (Å²) in [6, 6.07) is 11.2. The van der Waals surface area contributed by atoms with Gasteiger partial charge in [0.05, 0.1) is 24.4 Å². The van der Waals surface area contributed by atoms with E-state index in [0.717, 1.165) is 28.5 Å². The molecule has 0 amide bonds. The van der Waals surface area contributed by atoms with Crippen LogP contribution in [0.3, 0.4) is 0 Å². The number of ether oxygens (including phenoxy) is 1. The van der Waals surface area contributed by atoms with Crippen molar-refractivity contribution in [3.8, 4) is 11.6 Å². The number of nitrogens with two attached hydrogens (primary N) is 1. The summed E-state index contributed by atoms with van der Waals surface area (Å²) in [4.78, 5) is 8.79. The second-order valence-corrected chi connectivity index (χ2v) is 6.45. The summed E-state index contributed by atoms with van der Waals surface area (Å²) in [5, 5.41) is 7.93. The zero-order chi connectivity index (χ0) is 19.4. The van der Waals surface area contributed by atoms with Crippen LogP contribution in [0.25, 0.3) is 5.82 Å². The molecule has 0 aliphatic carbocycles. The van der Waals surface area contributed by atoms with Crippen molar-refractivity contribution in [2.75, 3.05) is 12.4 Å². The molecule has 148 valence electrons. The minimum Gasteiger partial charge on any atom is -0.495 e. The van der Waals surface area contributed by atoms with Crippen molar-refractivity contribution in [1.82, 2.24) is 14.8 Å². The number of benzene rings is 1. The van der Waals surface area contributed by atoms with Gasteiger partial charge in [0.1, 0.15) is 5.75 Å². The number of halogens is 2. The summed E-state index contributed by atoms with van der Waals surface area (Å²) in [5.41, 5.74) is 9.62. The lowest BCUT2D eigenvalue weighted by Crippen LogP contribution is -2.22. The van der Waals surface area contributed by atoms with Crippen LogP contribution in [0.15, 0.2) is 47.6 Å². The number of aryl methyl sites for hydroxylation is 2. The predicted octanol–water partition coefficient (Wildman–Crippen LogP) is 4.09. The average Bonchev–Trinajstić information content (AvgIpc) is 2.99. The first-order chi connectivity index (χ1) is 13.0. The van der Waals surface area contributed by atoms with Gasteiger partial charge in [-0.15, -0.1) is 24.0 Å². The molecule has 0 bridgehead atoms. The Morgan fingerprint density at radius 1 is 1.25 bits per heavy atom. The first-order valence-corrected chi connectivity index (χ1v) is 8.73. The number of hydrogen-bond donors (Lipinski definition) is 2. The van der Waals surface area contributed by atoms with Gasteiger partial charge in [0.25, 0.3) is 0 Å². The first kappa shape index (κ1) is 22.0. The molecule has 2 heterocycles. The molecule has 9 heteroatoms. The van der Waals surface area contributed by atoms with Crippen molar-refractivity contribution >= 4 is 47.2 Å². The summed E-state index contributed by atoms with van der Waals surface area (Å²) in [6.45, 7) is 4.36. The highest BCUT2D eigenvalue weighted by molar-refractivity contribution is 14.0. The normalized spacial score (nSPS) is 11.1. The number of aromatic nitrogens is 3. The number of guanidine groups is 1. The minimum atomic E-state index is 0. The van der Waals surface area contributed by atoms with Crippen molar-refractivity contribution in [1.29, 1.82) is 0 Å². The van der Waals surface area contributed by atoms with E-state index in [0.29, 0.717) is 23.3 Å². The third-order valence-corrected chi connectivity index (χ3v) is 4.19. The zero-order valence-electron chi connectivity index (χ0n) is 15.8. The molecule has 3 aromatic rings. The summed E-state index contributed by atoms with van der Waals surface area (Å²) in [6.07, 6.45) is 1.77. The molecule has 3 N–H and O–H groups in total. The van der Waals surface area contributed by atoms with E-state index in [-0.39, 0.29) is 24.0 Å². The number of nitrogens with one attached hydrogen (secondary N) is 1. The molecular formula is C19H22ClIN6O. The molecule has 0 saturated heterocycles. The number of methoxy groups -OCH3 is 1. The summed E-state index contributed by atoms with van der Waals surface area (Å²) in [5.74, 6) is 1.66. The van der Waals surface area contributed by atoms with Crippen LogP contribution in [0.4, 0.5) is 5.69 Å². The molecular weight excluding hydrogens is 491 g/mol. The monoisotopic (exact) mass is 512 g/mol. The van der Waals surface area contributed by atoms with Crippen LogP contribution in [0.2, 0.25) is 5.02 Å². The highest BCUT2D eigenvalue weighted by Gasteiger charge is 2.05. The number of pyridine rings is 1. The van der Waals surface area contributed by atoms with Crippen LogP contribution in [0.1, 0.15) is 17.0 Å². The molecule has 3 rings (SSSR count). The third-order valence-electron chi connectivity index (χ3n) is 3.89. The fourth-order valence-electron chi connectivity index (χ4n) is 2.60. The lowest BCUT2D eigenvalue weighted by molar-refractivity contribution is 0.415. The Morgan fingerprint density at radius 3 is 2.61 bits per heavy atom. The van der Waals surface area contributed by atoms with Gasteiger partial charge in [-0.3, -0.25) is 0 Å². The summed E-state index contributed by atoms with van der Waals surface area (Å²) < 4.78 is 6.94. The van der Waals surface area contributed by atoms with E-state index in [1.807, 2.05) is 42.8 Å². The molecule has 0 radical (unpaired) electrons. The molecule has 0 atom stereocenters. The summed E-state index contributed by atoms with van der Waals surface area (Å²) in [7, 11) is 1.57. The molecule has 1 aromatic carbocycles. The van der Waals surface area contributed by atoms with Gasteiger partial charge in [-0.25, -0.2) is 14.7 Å². The number of anilines is 1. The number of aliphatic imine (C=N–C) groups is 1. The molecule has 0 spiro atoms. The Morgan fingerprint density at radius 2 is 2.04 bits per heavy atom. The Bertz CT molecular complexity index is 971. The maximum absolute atomic E-state index is 6.10. The van der Waals surface area contributed by atoms with Gasteiger partial charge in [-0.05, 0) is 49.7 Å². The minimum absolute atomic E-state index is 0. The van der Waals surface area contributed by atoms with Crippen molar-refractivity contribution < 1.29 is 4.74 Å². The van der Waals surface area contributed by atoms with Crippen molar-refractivity contribution in [2.45, 2.75) is 20.4 Å². The lowest BCUT2D eigenvalue weighted by atomic mass is 10.3. The quantitative estimate of drug-likeness (QED) is 0.305. The molecule has 0 saturated carbocycles. The maximum atomic E-state index is 6.10. The molecule has 0 unspecified atom stereocenters. The highest BCUT2D eigenvalue weighted by atomic mass is 127. The fourth-order valence-corrected chi connectivity index (χ4v) is 2.86. The van der Waals surface area contributed by atoms with Crippen molar-refractivity contribution in [3.63, 3.8) is 0 Å². The Kier molecular flexibility index (Phi) is 7.64. The molecule has 0 aliphatic rings. The van der Waals surface area contributed by atoms with E-state index >= 15 is 0 Å². The standard InChI is InChI=1S/C19H21ClN6O.HI/c1-12-8-13(2)26(25-12)18-7-4-14(10-22-18)11-23-19(21)24-15-5-6-17(27-3)16(20)9-15;/h4-10H,11H2,1-3H3,(H3,21,23,24);1H. The average molecular weight is 513 g/mol. The zero-order valence-corrected chi connectivity index (χ0v) is 18.9. The van der Waals surface area contributed by atoms with Crippen LogP contribution in [0.5, 0.6) is 5.75 Å². The van der Waals surface area contributed by atoms with Crippen LogP contribution >= 0.6 is 35.6 Å². The van der Waals surface area contributed by atoms with E-state index in [2.05, 4.69) is 20.4 Å². The second-order valence-electron chi connectivity index (χ2n) is 6.04. The first-order valence-electron chi connectivity index (χ1n) is 8.35. The molecule has 0 fully saturated rings. The van der Waals surface area contributed by atoms with Crippen LogP contribution < -0.4 is 15.8 Å². The largest absolute Gasteiger partial charge is 0.495 e. The van der Waals surface area contributed by atoms with E-state index in [4.69, 9.17) is 22.1 Å². The lowest BCUT2D eigenvalue weighted by Gasteiger charge is -2.08. The van der Waals surface area contributed by atoms with E-state index in [1.54, 1.807) is 25.4 Å². The van der Waals surface area contributed by atoms with Gasteiger partial charge < -0.3 is 15.8 Å². The predicted molar refractivity (Wildman–Crippen MR) is 123 cm³/mol. The molecule has 7 nitrogen and oxygen atoms in total. The molecule has 28 heavy (non-hydrogen) atoms. The van der Waals surface area contributed by atoms with Gasteiger partial charge in [-0.1, -0.05) is 17.7 Å². The second kappa shape index (κ2) is 9.74. The SMILES string of the molecule is COc1ccc(NC(N)=NCc2ccc(-n3nc(C)cc3C)nc2)cc1Cl.I. The van der Waals surface area contributed by atoms with Crippen molar-refractivity contribution in [2.24, 2.45) is 10.7 Å². The number of hydrogen-bond acceptors (Lipinski definition) is 4. The van der Waals surface area contributed by atoms with Crippen LogP contribution in [-0.4, -0.2) is 27.8 Å². The van der Waals surface area contributed by atoms with Gasteiger partial charge in [0, 0.05) is 17.6 Å². The Balaban J connectivity index is 0.00000280. The molecule has 2 aromatic heterocycles. The van der Waals surface area contributed by atoms with Gasteiger partial charge in [-0.2, -0.15) is 5.10 Å². The van der Waals surface area contributed by atoms with Crippen LogP contribution in [0, 0.1) is 13.8 Å². The topological polar surface area (TPSA) is 90.3 Å². The van der Waals surface area contributed by atoms with Gasteiger partial charge in [0.15, 0.2) is 11.8 Å². The third kappa shape index (κ3) is 5.35. The van der Waals surface area contributed by atoms with E-state index in [1.165, 1.54) is 0 Å². The van der Waals surface area contributed by atoms with Gasteiger partial charge >= 0.3 is 0 Å². The van der Waals surface area contributed by atoms with Crippen molar-refractivity contribution in [3.05, 3.63) is 64.6 Å². The van der Waals surface area contributed by atoms with E-state index in [9.17, 15) is 0 Å². The fraction of sp³-hybridized carbons (Fsp3) is 0.211. The smallest absolute Gasteiger partial charge is 0.193 e. The Labute approximate surface area is 186 Å².